The number of halogens is 1. The SMILES string of the molecule is CC(=O)N[C@@H](CSC(=O)Cc1c(-c2ccc(Cl)cc2)c(-c2ccccc2)c2n1CC(C)(C)C2)C(=O)O. The first kappa shape index (κ1) is 26.0. The van der Waals surface area contributed by atoms with E-state index in [2.05, 4.69) is 35.9 Å². The number of hydrogen-bond acceptors (Lipinski definition) is 4. The van der Waals surface area contributed by atoms with Crippen LogP contribution < -0.4 is 5.32 Å². The van der Waals surface area contributed by atoms with Crippen molar-refractivity contribution >= 4 is 40.4 Å². The van der Waals surface area contributed by atoms with Crippen LogP contribution in [0.25, 0.3) is 22.3 Å². The topological polar surface area (TPSA) is 88.4 Å². The largest absolute Gasteiger partial charge is 0.480 e. The number of aliphatic carboxylic acids is 1. The zero-order valence-corrected chi connectivity index (χ0v) is 22.1. The van der Waals surface area contributed by atoms with Crippen LogP contribution in [0.1, 0.15) is 32.2 Å². The Bertz CT molecular complexity index is 1300. The number of rotatable bonds is 8. The summed E-state index contributed by atoms with van der Waals surface area (Å²) in [7, 11) is 0. The van der Waals surface area contributed by atoms with E-state index in [4.69, 9.17) is 11.6 Å². The second-order valence-electron chi connectivity index (χ2n) is 9.89. The molecule has 1 aliphatic rings. The first-order valence-electron chi connectivity index (χ1n) is 11.8. The summed E-state index contributed by atoms with van der Waals surface area (Å²) in [5, 5.41) is 12.3. The maximum Gasteiger partial charge on any atom is 0.327 e. The van der Waals surface area contributed by atoms with Gasteiger partial charge in [-0.2, -0.15) is 0 Å². The van der Waals surface area contributed by atoms with E-state index in [0.29, 0.717) is 5.02 Å². The lowest BCUT2D eigenvalue weighted by molar-refractivity contribution is -0.140. The third-order valence-corrected chi connectivity index (χ3v) is 7.52. The van der Waals surface area contributed by atoms with Gasteiger partial charge in [0.05, 0.1) is 6.42 Å². The lowest BCUT2D eigenvalue weighted by atomic mass is 9.86. The molecular formula is C28H29ClN2O4S. The Hall–Kier alpha value is -3.03. The number of carbonyl (C=O) groups excluding carboxylic acids is 2. The van der Waals surface area contributed by atoms with Crippen molar-refractivity contribution in [3.63, 3.8) is 0 Å². The van der Waals surface area contributed by atoms with Crippen molar-refractivity contribution in [2.45, 2.75) is 46.2 Å². The number of nitrogens with one attached hydrogen (secondary N) is 1. The number of carboxylic acids is 1. The fourth-order valence-corrected chi connectivity index (χ4v) is 5.79. The van der Waals surface area contributed by atoms with Gasteiger partial charge in [-0.25, -0.2) is 4.79 Å². The third kappa shape index (κ3) is 5.68. The summed E-state index contributed by atoms with van der Waals surface area (Å²) in [6, 6.07) is 16.7. The molecule has 1 atom stereocenters. The highest BCUT2D eigenvalue weighted by molar-refractivity contribution is 8.13. The van der Waals surface area contributed by atoms with E-state index in [1.807, 2.05) is 42.5 Å². The molecule has 2 aromatic carbocycles. The van der Waals surface area contributed by atoms with Gasteiger partial charge >= 0.3 is 5.97 Å². The van der Waals surface area contributed by atoms with E-state index in [9.17, 15) is 19.5 Å². The van der Waals surface area contributed by atoms with Crippen molar-refractivity contribution in [1.29, 1.82) is 0 Å². The molecule has 188 valence electrons. The summed E-state index contributed by atoms with van der Waals surface area (Å²) < 4.78 is 2.27. The molecule has 1 amide bonds. The molecule has 1 aliphatic heterocycles. The smallest absolute Gasteiger partial charge is 0.327 e. The van der Waals surface area contributed by atoms with E-state index in [1.165, 1.54) is 12.6 Å². The molecule has 0 saturated heterocycles. The molecule has 4 rings (SSSR count). The van der Waals surface area contributed by atoms with Gasteiger partial charge in [0, 0.05) is 46.8 Å². The Morgan fingerprint density at radius 2 is 1.69 bits per heavy atom. The van der Waals surface area contributed by atoms with Crippen LogP contribution in [0.4, 0.5) is 0 Å². The number of nitrogens with zero attached hydrogens (tertiary/aromatic N) is 1. The normalized spacial score (nSPS) is 14.8. The van der Waals surface area contributed by atoms with Crippen LogP contribution in [-0.4, -0.2) is 38.5 Å². The van der Waals surface area contributed by atoms with Crippen molar-refractivity contribution < 1.29 is 19.5 Å². The number of thioether (sulfide) groups is 1. The molecule has 2 heterocycles. The van der Waals surface area contributed by atoms with Crippen LogP contribution in [-0.2, 0) is 33.8 Å². The zero-order valence-electron chi connectivity index (χ0n) is 20.5. The molecule has 0 unspecified atom stereocenters. The molecule has 36 heavy (non-hydrogen) atoms. The quantitative estimate of drug-likeness (QED) is 0.409. The monoisotopic (exact) mass is 524 g/mol. The fourth-order valence-electron chi connectivity index (χ4n) is 4.84. The fraction of sp³-hybridized carbons (Fsp3) is 0.321. The number of carbonyl (C=O) groups is 3. The zero-order chi connectivity index (χ0) is 26.0. The molecule has 0 bridgehead atoms. The first-order valence-corrected chi connectivity index (χ1v) is 13.1. The van der Waals surface area contributed by atoms with Gasteiger partial charge in [0.2, 0.25) is 5.91 Å². The highest BCUT2D eigenvalue weighted by Crippen LogP contribution is 2.47. The van der Waals surface area contributed by atoms with Gasteiger partial charge in [0.1, 0.15) is 6.04 Å². The van der Waals surface area contributed by atoms with Crippen molar-refractivity contribution in [2.24, 2.45) is 5.41 Å². The third-order valence-electron chi connectivity index (χ3n) is 6.30. The lowest BCUT2D eigenvalue weighted by Gasteiger charge is -2.19. The van der Waals surface area contributed by atoms with E-state index >= 15 is 0 Å². The minimum absolute atomic E-state index is 0.0331. The molecule has 0 aliphatic carbocycles. The predicted molar refractivity (Wildman–Crippen MR) is 144 cm³/mol. The summed E-state index contributed by atoms with van der Waals surface area (Å²) in [6.45, 7) is 6.49. The summed E-state index contributed by atoms with van der Waals surface area (Å²) in [5.41, 5.74) is 6.36. The van der Waals surface area contributed by atoms with Crippen molar-refractivity contribution in [2.75, 3.05) is 5.75 Å². The van der Waals surface area contributed by atoms with E-state index in [0.717, 1.165) is 52.7 Å². The van der Waals surface area contributed by atoms with E-state index < -0.39 is 17.9 Å². The maximum atomic E-state index is 13.2. The van der Waals surface area contributed by atoms with E-state index in [-0.39, 0.29) is 22.7 Å². The van der Waals surface area contributed by atoms with Crippen LogP contribution >= 0.6 is 23.4 Å². The van der Waals surface area contributed by atoms with Crippen molar-refractivity contribution in [3.05, 3.63) is 71.0 Å². The van der Waals surface area contributed by atoms with Gasteiger partial charge in [-0.15, -0.1) is 0 Å². The van der Waals surface area contributed by atoms with Gasteiger partial charge in [0.25, 0.3) is 0 Å². The molecule has 0 spiro atoms. The molecule has 0 radical (unpaired) electrons. The Balaban J connectivity index is 1.76. The minimum Gasteiger partial charge on any atom is -0.480 e. The number of benzene rings is 2. The average Bonchev–Trinajstić information content (AvgIpc) is 3.27. The molecule has 0 fully saturated rings. The maximum absolute atomic E-state index is 13.2. The Kier molecular flexibility index (Phi) is 7.62. The molecular weight excluding hydrogens is 496 g/mol. The van der Waals surface area contributed by atoms with Crippen LogP contribution in [0.2, 0.25) is 5.02 Å². The summed E-state index contributed by atoms with van der Waals surface area (Å²) in [4.78, 5) is 36.1. The Labute approximate surface area is 220 Å². The minimum atomic E-state index is -1.16. The Morgan fingerprint density at radius 3 is 2.31 bits per heavy atom. The second-order valence-corrected chi connectivity index (χ2v) is 11.4. The second kappa shape index (κ2) is 10.5. The molecule has 6 nitrogen and oxygen atoms in total. The summed E-state index contributed by atoms with van der Waals surface area (Å²) in [6.07, 6.45) is 1.02. The highest BCUT2D eigenvalue weighted by atomic mass is 35.5. The Morgan fingerprint density at radius 1 is 1.06 bits per heavy atom. The number of carboxylic acid groups (broad SMARTS) is 1. The summed E-state index contributed by atoms with van der Waals surface area (Å²) >= 11 is 7.12. The predicted octanol–water partition coefficient (Wildman–Crippen LogP) is 5.45. The van der Waals surface area contributed by atoms with Crippen LogP contribution in [0.5, 0.6) is 0 Å². The number of fused-ring (bicyclic) bond motifs is 1. The van der Waals surface area contributed by atoms with Crippen molar-refractivity contribution in [3.8, 4) is 22.3 Å². The molecule has 3 aromatic rings. The average molecular weight is 525 g/mol. The highest BCUT2D eigenvalue weighted by Gasteiger charge is 2.36. The number of amides is 1. The summed E-state index contributed by atoms with van der Waals surface area (Å²) in [5.74, 6) is -1.64. The number of hydrogen-bond donors (Lipinski definition) is 2. The standard InChI is InChI=1S/C28H29ClN2O4S/c1-17(32)30-21(27(34)35)15-36-24(33)13-22-25(19-9-11-20(29)12-10-19)26(18-7-5-4-6-8-18)23-14-28(2,3)16-31(22)23/h4-12,21H,13-16H2,1-3H3,(H,30,32)(H,34,35)/t21-/m0/s1. The molecule has 2 N–H and O–H groups in total. The van der Waals surface area contributed by atoms with Gasteiger partial charge in [0.15, 0.2) is 5.12 Å². The van der Waals surface area contributed by atoms with Gasteiger partial charge in [-0.3, -0.25) is 9.59 Å². The molecule has 0 saturated carbocycles. The molecule has 8 heteroatoms. The van der Waals surface area contributed by atoms with Crippen LogP contribution in [0.15, 0.2) is 54.6 Å². The van der Waals surface area contributed by atoms with Crippen LogP contribution in [0.3, 0.4) is 0 Å². The van der Waals surface area contributed by atoms with Gasteiger partial charge < -0.3 is 15.0 Å². The first-order chi connectivity index (χ1) is 17.1. The van der Waals surface area contributed by atoms with Crippen LogP contribution in [0, 0.1) is 5.41 Å². The van der Waals surface area contributed by atoms with Crippen molar-refractivity contribution in [1.82, 2.24) is 9.88 Å². The molecule has 1 aromatic heterocycles. The van der Waals surface area contributed by atoms with E-state index in [1.54, 1.807) is 0 Å². The number of aromatic nitrogens is 1. The van der Waals surface area contributed by atoms with Gasteiger partial charge in [-0.05, 0) is 35.1 Å². The van der Waals surface area contributed by atoms with Gasteiger partial charge in [-0.1, -0.05) is 79.7 Å². The lowest BCUT2D eigenvalue weighted by Crippen LogP contribution is -2.41.